The lowest BCUT2D eigenvalue weighted by Gasteiger charge is -2.19. The molecular weight excluding hydrogens is 306 g/mol. The molecule has 19 heavy (non-hydrogen) atoms. The van der Waals surface area contributed by atoms with E-state index in [-0.39, 0.29) is 6.04 Å². The van der Waals surface area contributed by atoms with Crippen LogP contribution in [0, 0.1) is 6.92 Å². The van der Waals surface area contributed by atoms with Gasteiger partial charge in [-0.25, -0.2) is 0 Å². The van der Waals surface area contributed by atoms with Crippen molar-refractivity contribution in [2.75, 3.05) is 13.7 Å². The molecule has 1 heterocycles. The van der Waals surface area contributed by atoms with E-state index >= 15 is 0 Å². The fourth-order valence-electron chi connectivity index (χ4n) is 2.10. The second-order valence-corrected chi connectivity index (χ2v) is 5.24. The molecule has 0 bridgehead atoms. The minimum absolute atomic E-state index is 0.00162. The Morgan fingerprint density at radius 3 is 2.68 bits per heavy atom. The Kier molecular flexibility index (Phi) is 4.66. The molecule has 1 atom stereocenters. The van der Waals surface area contributed by atoms with Crippen LogP contribution in [-0.4, -0.2) is 13.7 Å². The molecule has 102 valence electrons. The van der Waals surface area contributed by atoms with Gasteiger partial charge in [-0.15, -0.1) is 0 Å². The summed E-state index contributed by atoms with van der Waals surface area (Å²) in [7, 11) is 1.68. The summed E-state index contributed by atoms with van der Waals surface area (Å²) < 4.78 is 12.2. The molecular formula is C15H18BrNO2. The van der Waals surface area contributed by atoms with Crippen molar-refractivity contribution in [3.05, 3.63) is 51.9 Å². The second kappa shape index (κ2) is 6.26. The van der Waals surface area contributed by atoms with Crippen molar-refractivity contribution >= 4 is 15.9 Å². The molecule has 0 spiro atoms. The molecule has 0 radical (unpaired) electrons. The van der Waals surface area contributed by atoms with Crippen LogP contribution in [0.4, 0.5) is 0 Å². The molecule has 4 heteroatoms. The first-order valence-corrected chi connectivity index (χ1v) is 7.08. The van der Waals surface area contributed by atoms with Crippen molar-refractivity contribution in [1.29, 1.82) is 0 Å². The zero-order valence-corrected chi connectivity index (χ0v) is 13.0. The average Bonchev–Trinajstić information content (AvgIpc) is 2.82. The third-order valence-corrected chi connectivity index (χ3v) is 3.45. The first-order chi connectivity index (χ1) is 9.15. The maximum atomic E-state index is 5.75. The largest absolute Gasteiger partial charge is 0.496 e. The molecule has 0 aliphatic rings. The monoisotopic (exact) mass is 323 g/mol. The van der Waals surface area contributed by atoms with Crippen LogP contribution in [-0.2, 0) is 0 Å². The number of hydrogen-bond donors (Lipinski definition) is 1. The third kappa shape index (κ3) is 3.19. The van der Waals surface area contributed by atoms with Crippen LogP contribution >= 0.6 is 15.9 Å². The van der Waals surface area contributed by atoms with Crippen LogP contribution in [0.3, 0.4) is 0 Å². The van der Waals surface area contributed by atoms with Gasteiger partial charge in [0, 0.05) is 10.0 Å². The Morgan fingerprint density at radius 2 is 2.11 bits per heavy atom. The van der Waals surface area contributed by atoms with Crippen molar-refractivity contribution < 1.29 is 9.15 Å². The summed E-state index contributed by atoms with van der Waals surface area (Å²) in [4.78, 5) is 0. The molecule has 0 saturated carbocycles. The SMILES string of the molecule is CCNC(c1ccc(C)o1)c1ccc(Br)cc1OC. The van der Waals surface area contributed by atoms with E-state index in [0.717, 1.165) is 33.9 Å². The summed E-state index contributed by atoms with van der Waals surface area (Å²) in [5.74, 6) is 2.66. The summed E-state index contributed by atoms with van der Waals surface area (Å²) in [5.41, 5.74) is 1.07. The molecule has 0 amide bonds. The fraction of sp³-hybridized carbons (Fsp3) is 0.333. The topological polar surface area (TPSA) is 34.4 Å². The van der Waals surface area contributed by atoms with Crippen LogP contribution in [0.25, 0.3) is 0 Å². The Labute approximate surface area is 122 Å². The lowest BCUT2D eigenvalue weighted by Crippen LogP contribution is -2.22. The van der Waals surface area contributed by atoms with E-state index < -0.39 is 0 Å². The van der Waals surface area contributed by atoms with Crippen LogP contribution in [0.2, 0.25) is 0 Å². The molecule has 0 aliphatic heterocycles. The van der Waals surface area contributed by atoms with Crippen molar-refractivity contribution in [1.82, 2.24) is 5.32 Å². The standard InChI is InChI=1S/C15H18BrNO2/c1-4-17-15(13-8-5-10(2)19-13)12-7-6-11(16)9-14(12)18-3/h5-9,15,17H,4H2,1-3H3. The predicted octanol–water partition coefficient (Wildman–Crippen LogP) is 4.06. The van der Waals surface area contributed by atoms with Gasteiger partial charge < -0.3 is 14.5 Å². The molecule has 1 aromatic heterocycles. The number of hydrogen-bond acceptors (Lipinski definition) is 3. The number of aryl methyl sites for hydroxylation is 1. The second-order valence-electron chi connectivity index (χ2n) is 4.33. The lowest BCUT2D eigenvalue weighted by atomic mass is 10.0. The van der Waals surface area contributed by atoms with Crippen molar-refractivity contribution in [3.63, 3.8) is 0 Å². The van der Waals surface area contributed by atoms with E-state index in [9.17, 15) is 0 Å². The summed E-state index contributed by atoms with van der Waals surface area (Å²) in [6.45, 7) is 4.88. The summed E-state index contributed by atoms with van der Waals surface area (Å²) >= 11 is 3.46. The zero-order valence-electron chi connectivity index (χ0n) is 11.4. The normalized spacial score (nSPS) is 12.4. The van der Waals surface area contributed by atoms with Crippen LogP contribution in [0.15, 0.2) is 39.2 Å². The van der Waals surface area contributed by atoms with Gasteiger partial charge in [-0.05, 0) is 37.7 Å². The van der Waals surface area contributed by atoms with Gasteiger partial charge in [0.25, 0.3) is 0 Å². The molecule has 1 unspecified atom stereocenters. The van der Waals surface area contributed by atoms with Crippen molar-refractivity contribution in [3.8, 4) is 5.75 Å². The van der Waals surface area contributed by atoms with Crippen LogP contribution < -0.4 is 10.1 Å². The molecule has 0 fully saturated rings. The van der Waals surface area contributed by atoms with Gasteiger partial charge in [0.15, 0.2) is 0 Å². The molecule has 2 rings (SSSR count). The molecule has 2 aromatic rings. The summed E-state index contributed by atoms with van der Waals surface area (Å²) in [5, 5.41) is 3.43. The number of methoxy groups -OCH3 is 1. The average molecular weight is 324 g/mol. The Bertz CT molecular complexity index is 551. The number of nitrogens with one attached hydrogen (secondary N) is 1. The van der Waals surface area contributed by atoms with E-state index in [4.69, 9.17) is 9.15 Å². The Morgan fingerprint density at radius 1 is 1.32 bits per heavy atom. The molecule has 1 aromatic carbocycles. The Hall–Kier alpha value is -1.26. The first-order valence-electron chi connectivity index (χ1n) is 6.29. The van der Waals surface area contributed by atoms with E-state index in [1.807, 2.05) is 37.3 Å². The van der Waals surface area contributed by atoms with Crippen molar-refractivity contribution in [2.24, 2.45) is 0 Å². The molecule has 0 aliphatic carbocycles. The smallest absolute Gasteiger partial charge is 0.125 e. The Balaban J connectivity index is 2.44. The van der Waals surface area contributed by atoms with Gasteiger partial charge in [0.1, 0.15) is 17.3 Å². The fourth-order valence-corrected chi connectivity index (χ4v) is 2.44. The van der Waals surface area contributed by atoms with Gasteiger partial charge in [-0.2, -0.15) is 0 Å². The lowest BCUT2D eigenvalue weighted by molar-refractivity contribution is 0.390. The highest BCUT2D eigenvalue weighted by atomic mass is 79.9. The number of ether oxygens (including phenoxy) is 1. The number of furan rings is 1. The maximum absolute atomic E-state index is 5.75. The minimum atomic E-state index is 0.00162. The van der Waals surface area contributed by atoms with Gasteiger partial charge >= 0.3 is 0 Å². The quantitative estimate of drug-likeness (QED) is 0.901. The van der Waals surface area contributed by atoms with E-state index in [1.165, 1.54) is 0 Å². The van der Waals surface area contributed by atoms with Crippen LogP contribution in [0.1, 0.15) is 30.0 Å². The maximum Gasteiger partial charge on any atom is 0.125 e. The minimum Gasteiger partial charge on any atom is -0.496 e. The summed E-state index contributed by atoms with van der Waals surface area (Å²) in [6, 6.07) is 10.0. The highest BCUT2D eigenvalue weighted by molar-refractivity contribution is 9.10. The van der Waals surface area contributed by atoms with E-state index in [2.05, 4.69) is 28.2 Å². The van der Waals surface area contributed by atoms with Gasteiger partial charge in [0.2, 0.25) is 0 Å². The molecule has 1 N–H and O–H groups in total. The third-order valence-electron chi connectivity index (χ3n) is 2.96. The van der Waals surface area contributed by atoms with Gasteiger partial charge in [0.05, 0.1) is 13.2 Å². The zero-order chi connectivity index (χ0) is 13.8. The first kappa shape index (κ1) is 14.2. The molecule has 3 nitrogen and oxygen atoms in total. The number of benzene rings is 1. The van der Waals surface area contributed by atoms with Crippen molar-refractivity contribution in [2.45, 2.75) is 19.9 Å². The van der Waals surface area contributed by atoms with Crippen LogP contribution in [0.5, 0.6) is 5.75 Å². The van der Waals surface area contributed by atoms with Gasteiger partial charge in [-0.3, -0.25) is 0 Å². The number of rotatable bonds is 5. The molecule has 0 saturated heterocycles. The van der Waals surface area contributed by atoms with E-state index in [0.29, 0.717) is 0 Å². The summed E-state index contributed by atoms with van der Waals surface area (Å²) in [6.07, 6.45) is 0. The highest BCUT2D eigenvalue weighted by Crippen LogP contribution is 2.33. The van der Waals surface area contributed by atoms with E-state index in [1.54, 1.807) is 7.11 Å². The predicted molar refractivity (Wildman–Crippen MR) is 79.7 cm³/mol. The highest BCUT2D eigenvalue weighted by Gasteiger charge is 2.20. The number of halogens is 1. The van der Waals surface area contributed by atoms with Gasteiger partial charge in [-0.1, -0.05) is 28.9 Å².